The van der Waals surface area contributed by atoms with Crippen LogP contribution in [0.15, 0.2) is 17.5 Å². The first-order chi connectivity index (χ1) is 7.24. The molecule has 15 heavy (non-hydrogen) atoms. The molecule has 1 atom stereocenters. The Morgan fingerprint density at radius 2 is 2.33 bits per heavy atom. The van der Waals surface area contributed by atoms with E-state index in [9.17, 15) is 4.79 Å². The van der Waals surface area contributed by atoms with Gasteiger partial charge in [-0.15, -0.1) is 11.3 Å². The minimum atomic E-state index is 0.0639. The SMILES string of the molecule is CCCCC[C@@H](C)NC(=O)c1cccs1. The molecule has 0 saturated carbocycles. The molecule has 0 aliphatic rings. The average molecular weight is 225 g/mol. The van der Waals surface area contributed by atoms with E-state index in [1.807, 2.05) is 17.5 Å². The summed E-state index contributed by atoms with van der Waals surface area (Å²) in [5, 5.41) is 4.94. The van der Waals surface area contributed by atoms with E-state index in [4.69, 9.17) is 0 Å². The third kappa shape index (κ3) is 4.47. The van der Waals surface area contributed by atoms with Crippen molar-refractivity contribution in [1.29, 1.82) is 0 Å². The molecule has 0 bridgehead atoms. The number of hydrogen-bond donors (Lipinski definition) is 1. The van der Waals surface area contributed by atoms with E-state index in [1.165, 1.54) is 30.6 Å². The van der Waals surface area contributed by atoms with Crippen LogP contribution >= 0.6 is 11.3 Å². The minimum absolute atomic E-state index is 0.0639. The fourth-order valence-corrected chi connectivity index (χ4v) is 2.10. The van der Waals surface area contributed by atoms with E-state index in [0.29, 0.717) is 0 Å². The molecule has 1 aromatic heterocycles. The van der Waals surface area contributed by atoms with Gasteiger partial charge in [-0.2, -0.15) is 0 Å². The zero-order valence-electron chi connectivity index (χ0n) is 9.45. The first kappa shape index (κ1) is 12.2. The molecule has 0 aliphatic carbocycles. The van der Waals surface area contributed by atoms with Crippen LogP contribution in [0.5, 0.6) is 0 Å². The fraction of sp³-hybridized carbons (Fsp3) is 0.583. The van der Waals surface area contributed by atoms with Gasteiger partial charge in [-0.1, -0.05) is 32.3 Å². The lowest BCUT2D eigenvalue weighted by atomic mass is 10.1. The average Bonchev–Trinajstić information content (AvgIpc) is 2.70. The van der Waals surface area contributed by atoms with E-state index in [2.05, 4.69) is 19.2 Å². The lowest BCUT2D eigenvalue weighted by Crippen LogP contribution is -2.31. The van der Waals surface area contributed by atoms with E-state index in [-0.39, 0.29) is 11.9 Å². The Labute approximate surface area is 95.7 Å². The van der Waals surface area contributed by atoms with Crippen LogP contribution in [0.25, 0.3) is 0 Å². The molecule has 1 aromatic rings. The van der Waals surface area contributed by atoms with E-state index in [0.717, 1.165) is 11.3 Å². The van der Waals surface area contributed by atoms with Crippen LogP contribution in [0.3, 0.4) is 0 Å². The number of rotatable bonds is 6. The summed E-state index contributed by atoms with van der Waals surface area (Å²) in [4.78, 5) is 12.5. The van der Waals surface area contributed by atoms with Crippen molar-refractivity contribution in [1.82, 2.24) is 5.32 Å². The summed E-state index contributed by atoms with van der Waals surface area (Å²) < 4.78 is 0. The van der Waals surface area contributed by atoms with Crippen LogP contribution in [0, 0.1) is 0 Å². The maximum absolute atomic E-state index is 11.6. The van der Waals surface area contributed by atoms with Crippen LogP contribution in [0.4, 0.5) is 0 Å². The number of hydrogen-bond acceptors (Lipinski definition) is 2. The second-order valence-electron chi connectivity index (χ2n) is 3.85. The molecule has 2 nitrogen and oxygen atoms in total. The summed E-state index contributed by atoms with van der Waals surface area (Å²) in [6, 6.07) is 4.05. The van der Waals surface area contributed by atoms with Gasteiger partial charge in [0.05, 0.1) is 4.88 Å². The summed E-state index contributed by atoms with van der Waals surface area (Å²) >= 11 is 1.49. The predicted octanol–water partition coefficient (Wildman–Crippen LogP) is 3.45. The standard InChI is InChI=1S/C12H19NOS/c1-3-4-5-7-10(2)13-12(14)11-8-6-9-15-11/h6,8-10H,3-5,7H2,1-2H3,(H,13,14)/t10-/m1/s1. The zero-order valence-corrected chi connectivity index (χ0v) is 10.3. The first-order valence-corrected chi connectivity index (χ1v) is 6.46. The minimum Gasteiger partial charge on any atom is -0.349 e. The van der Waals surface area contributed by atoms with Crippen molar-refractivity contribution in [2.24, 2.45) is 0 Å². The molecule has 0 fully saturated rings. The van der Waals surface area contributed by atoms with Gasteiger partial charge in [0.25, 0.3) is 5.91 Å². The van der Waals surface area contributed by atoms with Gasteiger partial charge in [0.1, 0.15) is 0 Å². The maximum Gasteiger partial charge on any atom is 0.261 e. The van der Waals surface area contributed by atoms with Crippen molar-refractivity contribution in [2.75, 3.05) is 0 Å². The van der Waals surface area contributed by atoms with Gasteiger partial charge in [0.15, 0.2) is 0 Å². The Balaban J connectivity index is 2.26. The zero-order chi connectivity index (χ0) is 11.1. The Morgan fingerprint density at radius 1 is 1.53 bits per heavy atom. The molecule has 0 radical (unpaired) electrons. The molecule has 1 rings (SSSR count). The molecule has 0 aliphatic heterocycles. The Morgan fingerprint density at radius 3 is 2.93 bits per heavy atom. The number of unbranched alkanes of at least 4 members (excludes halogenated alkanes) is 2. The topological polar surface area (TPSA) is 29.1 Å². The monoisotopic (exact) mass is 225 g/mol. The van der Waals surface area contributed by atoms with Crippen molar-refractivity contribution in [2.45, 2.75) is 45.6 Å². The van der Waals surface area contributed by atoms with E-state index < -0.39 is 0 Å². The quantitative estimate of drug-likeness (QED) is 0.738. The van der Waals surface area contributed by atoms with Crippen molar-refractivity contribution in [3.05, 3.63) is 22.4 Å². The Bertz CT molecular complexity index is 282. The maximum atomic E-state index is 11.6. The molecule has 1 heterocycles. The second-order valence-corrected chi connectivity index (χ2v) is 4.80. The normalized spacial score (nSPS) is 12.4. The van der Waals surface area contributed by atoms with Crippen LogP contribution in [0.1, 0.15) is 49.2 Å². The summed E-state index contributed by atoms with van der Waals surface area (Å²) in [6.07, 6.45) is 4.75. The highest BCUT2D eigenvalue weighted by Gasteiger charge is 2.09. The molecule has 0 aromatic carbocycles. The summed E-state index contributed by atoms with van der Waals surface area (Å²) in [7, 11) is 0. The van der Waals surface area contributed by atoms with E-state index >= 15 is 0 Å². The third-order valence-corrected chi connectivity index (χ3v) is 3.23. The van der Waals surface area contributed by atoms with Gasteiger partial charge >= 0.3 is 0 Å². The number of carbonyl (C=O) groups is 1. The van der Waals surface area contributed by atoms with Gasteiger partial charge < -0.3 is 5.32 Å². The smallest absolute Gasteiger partial charge is 0.261 e. The molecule has 0 spiro atoms. The van der Waals surface area contributed by atoms with Gasteiger partial charge in [-0.05, 0) is 24.8 Å². The molecular formula is C12H19NOS. The van der Waals surface area contributed by atoms with Crippen LogP contribution in [0.2, 0.25) is 0 Å². The van der Waals surface area contributed by atoms with Crippen molar-refractivity contribution in [3.8, 4) is 0 Å². The third-order valence-electron chi connectivity index (χ3n) is 2.36. The number of amides is 1. The summed E-state index contributed by atoms with van der Waals surface area (Å²) in [6.45, 7) is 4.26. The summed E-state index contributed by atoms with van der Waals surface area (Å²) in [5.41, 5.74) is 0. The van der Waals surface area contributed by atoms with E-state index in [1.54, 1.807) is 0 Å². The van der Waals surface area contributed by atoms with Crippen molar-refractivity contribution >= 4 is 17.2 Å². The predicted molar refractivity (Wildman–Crippen MR) is 65.4 cm³/mol. The van der Waals surface area contributed by atoms with Gasteiger partial charge in [-0.25, -0.2) is 0 Å². The highest BCUT2D eigenvalue weighted by atomic mass is 32.1. The second kappa shape index (κ2) is 6.62. The first-order valence-electron chi connectivity index (χ1n) is 5.58. The number of nitrogens with one attached hydrogen (secondary N) is 1. The number of thiophene rings is 1. The molecule has 1 N–H and O–H groups in total. The highest BCUT2D eigenvalue weighted by Crippen LogP contribution is 2.09. The van der Waals surface area contributed by atoms with Gasteiger partial charge in [0.2, 0.25) is 0 Å². The highest BCUT2D eigenvalue weighted by molar-refractivity contribution is 7.12. The Hall–Kier alpha value is -0.830. The van der Waals surface area contributed by atoms with Crippen LogP contribution < -0.4 is 5.32 Å². The lowest BCUT2D eigenvalue weighted by molar-refractivity contribution is 0.0942. The van der Waals surface area contributed by atoms with Crippen LogP contribution in [-0.4, -0.2) is 11.9 Å². The fourth-order valence-electron chi connectivity index (χ4n) is 1.48. The molecule has 0 saturated heterocycles. The molecule has 84 valence electrons. The lowest BCUT2D eigenvalue weighted by Gasteiger charge is -2.12. The molecule has 3 heteroatoms. The van der Waals surface area contributed by atoms with Gasteiger partial charge in [0, 0.05) is 6.04 Å². The summed E-state index contributed by atoms with van der Waals surface area (Å²) in [5.74, 6) is 0.0639. The Kier molecular flexibility index (Phi) is 5.40. The molecule has 1 amide bonds. The number of carbonyl (C=O) groups excluding carboxylic acids is 1. The van der Waals surface area contributed by atoms with Gasteiger partial charge in [-0.3, -0.25) is 4.79 Å². The molecule has 0 unspecified atom stereocenters. The largest absolute Gasteiger partial charge is 0.349 e. The van der Waals surface area contributed by atoms with Crippen LogP contribution in [-0.2, 0) is 0 Å². The van der Waals surface area contributed by atoms with Crippen molar-refractivity contribution < 1.29 is 4.79 Å². The van der Waals surface area contributed by atoms with Crippen molar-refractivity contribution in [3.63, 3.8) is 0 Å². The molecular weight excluding hydrogens is 206 g/mol.